The third-order valence-corrected chi connectivity index (χ3v) is 8.20. The van der Waals surface area contributed by atoms with Gasteiger partial charge < -0.3 is 32.2 Å². The number of amides is 2. The Bertz CT molecular complexity index is 824. The van der Waals surface area contributed by atoms with E-state index >= 15 is 0 Å². The Balaban J connectivity index is 1.88. The number of rotatable bonds is 15. The van der Waals surface area contributed by atoms with Crippen LogP contribution in [0.25, 0.3) is 0 Å². The number of hydrazine groups is 1. The van der Waals surface area contributed by atoms with Gasteiger partial charge >= 0.3 is 6.03 Å². The van der Waals surface area contributed by atoms with Crippen molar-refractivity contribution in [3.63, 3.8) is 0 Å². The van der Waals surface area contributed by atoms with Gasteiger partial charge in [0.25, 0.3) is 0 Å². The highest BCUT2D eigenvalue weighted by molar-refractivity contribution is 7.93. The summed E-state index contributed by atoms with van der Waals surface area (Å²) in [6.45, 7) is 6.69. The van der Waals surface area contributed by atoms with Gasteiger partial charge in [-0.05, 0) is 43.8 Å². The molecule has 1 heterocycles. The molecule has 188 valence electrons. The molecule has 0 aromatic heterocycles. The third-order valence-electron chi connectivity index (χ3n) is 5.66. The highest BCUT2D eigenvalue weighted by atomic mass is 32.2. The Morgan fingerprint density at radius 1 is 1.33 bits per heavy atom. The number of nitrogens with one attached hydrogen (secondary N) is 6. The van der Waals surface area contributed by atoms with Gasteiger partial charge in [-0.2, -0.15) is 0 Å². The van der Waals surface area contributed by atoms with Crippen molar-refractivity contribution in [3.8, 4) is 0 Å². The Hall–Kier alpha value is -2.12. The average Bonchev–Trinajstić information content (AvgIpc) is 3.58. The standard InChI is InChI=1S/C21H39N7O4S/c1-3-6-16(7-5-10-23-20(30)24-11-12-26-25-4-2)19-27-17(15-18(22)28-19)21(8-9-21)33(31,32)14-13-29/h4,6,15,18-19,25-29H,2-3,5,7-14,22H2,1H3,(H2,23,24,30)/b16-6+/t18-,19?/m0/s1. The first-order valence-corrected chi connectivity index (χ1v) is 13.1. The molecule has 2 amide bonds. The van der Waals surface area contributed by atoms with E-state index in [1.807, 2.05) is 6.92 Å². The first-order chi connectivity index (χ1) is 15.8. The van der Waals surface area contributed by atoms with Crippen LogP contribution in [-0.4, -0.2) is 68.6 Å². The van der Waals surface area contributed by atoms with E-state index in [9.17, 15) is 18.3 Å². The molecule has 0 radical (unpaired) electrons. The molecule has 33 heavy (non-hydrogen) atoms. The van der Waals surface area contributed by atoms with Crippen LogP contribution in [0.1, 0.15) is 39.0 Å². The summed E-state index contributed by atoms with van der Waals surface area (Å²) in [5.74, 6) is -0.258. The summed E-state index contributed by atoms with van der Waals surface area (Å²) in [6, 6.07) is -0.234. The maximum absolute atomic E-state index is 12.8. The highest BCUT2D eigenvalue weighted by Crippen LogP contribution is 2.49. The minimum atomic E-state index is -3.48. The molecule has 2 rings (SSSR count). The molecule has 1 aliphatic heterocycles. The van der Waals surface area contributed by atoms with Crippen LogP contribution >= 0.6 is 0 Å². The Kier molecular flexibility index (Phi) is 10.6. The number of urea groups is 1. The predicted molar refractivity (Wildman–Crippen MR) is 129 cm³/mol. The van der Waals surface area contributed by atoms with Gasteiger partial charge in [0.15, 0.2) is 9.84 Å². The fourth-order valence-electron chi connectivity index (χ4n) is 3.89. The number of hydrogen-bond donors (Lipinski definition) is 8. The zero-order chi connectivity index (χ0) is 24.3. The molecule has 0 spiro atoms. The van der Waals surface area contributed by atoms with E-state index in [2.05, 4.69) is 44.8 Å². The van der Waals surface area contributed by atoms with Gasteiger partial charge in [0.1, 0.15) is 10.9 Å². The summed E-state index contributed by atoms with van der Waals surface area (Å²) in [4.78, 5) is 11.9. The van der Waals surface area contributed by atoms with E-state index in [1.54, 1.807) is 6.08 Å². The lowest BCUT2D eigenvalue weighted by atomic mass is 10.0. The Morgan fingerprint density at radius 2 is 2.06 bits per heavy atom. The van der Waals surface area contributed by atoms with Crippen LogP contribution in [0, 0.1) is 0 Å². The maximum atomic E-state index is 12.8. The number of allylic oxidation sites excluding steroid dienone is 1. The summed E-state index contributed by atoms with van der Waals surface area (Å²) < 4.78 is 24.5. The minimum absolute atomic E-state index is 0.234. The van der Waals surface area contributed by atoms with Crippen LogP contribution in [0.3, 0.4) is 0 Å². The summed E-state index contributed by atoms with van der Waals surface area (Å²) in [7, 11) is -3.48. The lowest BCUT2D eigenvalue weighted by Gasteiger charge is -2.35. The number of aliphatic hydroxyl groups excluding tert-OH is 1. The minimum Gasteiger partial charge on any atom is -0.395 e. The summed E-state index contributed by atoms with van der Waals surface area (Å²) in [5, 5.41) is 21.4. The van der Waals surface area contributed by atoms with E-state index in [-0.39, 0.29) is 17.9 Å². The zero-order valence-electron chi connectivity index (χ0n) is 19.3. The lowest BCUT2D eigenvalue weighted by Crippen LogP contribution is -2.57. The second kappa shape index (κ2) is 12.9. The third kappa shape index (κ3) is 7.71. The van der Waals surface area contributed by atoms with Crippen LogP contribution in [0.15, 0.2) is 36.2 Å². The van der Waals surface area contributed by atoms with Crippen LogP contribution in [0.4, 0.5) is 4.79 Å². The largest absolute Gasteiger partial charge is 0.395 e. The number of carbonyl (C=O) groups is 1. The zero-order valence-corrected chi connectivity index (χ0v) is 20.1. The van der Waals surface area contributed by atoms with Crippen molar-refractivity contribution in [2.45, 2.75) is 56.1 Å². The molecule has 0 saturated heterocycles. The fraction of sp³-hybridized carbons (Fsp3) is 0.667. The summed E-state index contributed by atoms with van der Waals surface area (Å²) >= 11 is 0. The monoisotopic (exact) mass is 485 g/mol. The molecule has 11 nitrogen and oxygen atoms in total. The van der Waals surface area contributed by atoms with Crippen LogP contribution in [-0.2, 0) is 9.84 Å². The molecule has 0 aromatic rings. The van der Waals surface area contributed by atoms with Gasteiger partial charge in [0.2, 0.25) is 0 Å². The fourth-order valence-corrected chi connectivity index (χ4v) is 5.71. The molecular weight excluding hydrogens is 446 g/mol. The van der Waals surface area contributed by atoms with Crippen LogP contribution < -0.4 is 37.9 Å². The van der Waals surface area contributed by atoms with Gasteiger partial charge in [-0.15, -0.1) is 0 Å². The van der Waals surface area contributed by atoms with E-state index in [4.69, 9.17) is 5.73 Å². The first kappa shape index (κ1) is 27.1. The highest BCUT2D eigenvalue weighted by Gasteiger charge is 2.57. The van der Waals surface area contributed by atoms with Crippen molar-refractivity contribution < 1.29 is 18.3 Å². The first-order valence-electron chi connectivity index (χ1n) is 11.4. The Labute approximate surface area is 196 Å². The van der Waals surface area contributed by atoms with E-state index in [0.717, 1.165) is 18.4 Å². The van der Waals surface area contributed by atoms with Crippen molar-refractivity contribution in [3.05, 3.63) is 36.2 Å². The van der Waals surface area contributed by atoms with Gasteiger partial charge in [0, 0.05) is 31.5 Å². The summed E-state index contributed by atoms with van der Waals surface area (Å²) in [5.41, 5.74) is 13.5. The smallest absolute Gasteiger partial charge is 0.314 e. The second-order valence-electron chi connectivity index (χ2n) is 8.14. The van der Waals surface area contributed by atoms with Crippen molar-refractivity contribution in [2.75, 3.05) is 32.0 Å². The molecule has 1 aliphatic carbocycles. The van der Waals surface area contributed by atoms with Crippen molar-refractivity contribution in [2.24, 2.45) is 5.73 Å². The summed E-state index contributed by atoms with van der Waals surface area (Å²) in [6.07, 6.45) is 7.86. The SMILES string of the molecule is C=CNNCCNC(=O)NCCC/C(=C\CC)C1NC(C2(S(=O)(=O)CCO)CC2)=C[C@@H](N)N1. The molecular formula is C21H39N7O4S. The number of nitrogens with two attached hydrogens (primary N) is 1. The molecule has 1 saturated carbocycles. The number of sulfone groups is 1. The van der Waals surface area contributed by atoms with Gasteiger partial charge in [0.05, 0.1) is 18.5 Å². The Morgan fingerprint density at radius 3 is 2.70 bits per heavy atom. The molecule has 0 bridgehead atoms. The maximum Gasteiger partial charge on any atom is 0.314 e. The number of carbonyl (C=O) groups excluding carboxylic acids is 1. The van der Waals surface area contributed by atoms with Crippen molar-refractivity contribution >= 4 is 15.9 Å². The predicted octanol–water partition coefficient (Wildman–Crippen LogP) is -0.733. The normalized spacial score (nSPS) is 22.0. The quantitative estimate of drug-likeness (QED) is 0.0846. The molecule has 0 aromatic carbocycles. The molecule has 12 heteroatoms. The molecule has 9 N–H and O–H groups in total. The van der Waals surface area contributed by atoms with Gasteiger partial charge in [-0.1, -0.05) is 19.6 Å². The number of hydrogen-bond acceptors (Lipinski definition) is 9. The average molecular weight is 486 g/mol. The molecule has 2 atom stereocenters. The molecule has 2 aliphatic rings. The van der Waals surface area contributed by atoms with Gasteiger partial charge in [-0.25, -0.2) is 18.6 Å². The topological polar surface area (TPSA) is 170 Å². The van der Waals surface area contributed by atoms with Crippen LogP contribution in [0.5, 0.6) is 0 Å². The lowest BCUT2D eigenvalue weighted by molar-refractivity contribution is 0.240. The second-order valence-corrected chi connectivity index (χ2v) is 10.6. The number of aliphatic hydroxyl groups is 1. The van der Waals surface area contributed by atoms with Gasteiger partial charge in [-0.3, -0.25) is 5.32 Å². The molecule has 1 fully saturated rings. The van der Waals surface area contributed by atoms with E-state index in [1.165, 1.54) is 6.20 Å². The van der Waals surface area contributed by atoms with Crippen molar-refractivity contribution in [1.82, 2.24) is 32.1 Å². The van der Waals surface area contributed by atoms with Crippen molar-refractivity contribution in [1.29, 1.82) is 0 Å². The molecule has 1 unspecified atom stereocenters. The van der Waals surface area contributed by atoms with Crippen LogP contribution in [0.2, 0.25) is 0 Å². The van der Waals surface area contributed by atoms with E-state index < -0.39 is 27.4 Å². The van der Waals surface area contributed by atoms with E-state index in [0.29, 0.717) is 44.6 Å².